The van der Waals surface area contributed by atoms with Gasteiger partial charge in [0, 0.05) is 34.4 Å². The highest BCUT2D eigenvalue weighted by Gasteiger charge is 2.11. The number of amides is 1. The third kappa shape index (κ3) is 4.90. The first-order valence-corrected chi connectivity index (χ1v) is 8.87. The SMILES string of the molecule is O=C(CCc1nc(-c2ccc(Br)cc2)no1)NCc1ccccc1Cl. The number of benzene rings is 2. The molecule has 0 radical (unpaired) electrons. The third-order valence-electron chi connectivity index (χ3n) is 3.57. The predicted octanol–water partition coefficient (Wildman–Crippen LogP) is 4.40. The van der Waals surface area contributed by atoms with Crippen LogP contribution in [0.1, 0.15) is 17.9 Å². The predicted molar refractivity (Wildman–Crippen MR) is 99.1 cm³/mol. The summed E-state index contributed by atoms with van der Waals surface area (Å²) in [6, 6.07) is 15.0. The van der Waals surface area contributed by atoms with Crippen LogP contribution in [-0.4, -0.2) is 16.0 Å². The standard InChI is InChI=1S/C18H15BrClN3O2/c19-14-7-5-12(6-8-14)18-22-17(25-23-18)10-9-16(24)21-11-13-3-1-2-4-15(13)20/h1-8H,9-11H2,(H,21,24). The normalized spacial score (nSPS) is 10.6. The molecule has 1 aromatic heterocycles. The van der Waals surface area contributed by atoms with Crippen LogP contribution in [0.3, 0.4) is 0 Å². The molecular weight excluding hydrogens is 406 g/mol. The molecule has 0 spiro atoms. The van der Waals surface area contributed by atoms with Gasteiger partial charge in [-0.05, 0) is 35.9 Å². The van der Waals surface area contributed by atoms with E-state index in [-0.39, 0.29) is 12.3 Å². The molecular formula is C18H15BrClN3O2. The lowest BCUT2D eigenvalue weighted by Crippen LogP contribution is -2.23. The summed E-state index contributed by atoms with van der Waals surface area (Å²) in [5, 5.41) is 7.42. The summed E-state index contributed by atoms with van der Waals surface area (Å²) in [7, 11) is 0. The maximum atomic E-state index is 12.0. The van der Waals surface area contributed by atoms with E-state index in [0.717, 1.165) is 15.6 Å². The molecule has 2 aromatic carbocycles. The van der Waals surface area contributed by atoms with E-state index in [1.807, 2.05) is 42.5 Å². The Kier molecular flexibility index (Phi) is 5.83. The van der Waals surface area contributed by atoms with Crippen molar-refractivity contribution >= 4 is 33.4 Å². The van der Waals surface area contributed by atoms with Crippen LogP contribution in [0.25, 0.3) is 11.4 Å². The van der Waals surface area contributed by atoms with Gasteiger partial charge < -0.3 is 9.84 Å². The van der Waals surface area contributed by atoms with Crippen LogP contribution in [-0.2, 0) is 17.8 Å². The molecule has 0 fully saturated rings. The second-order valence-electron chi connectivity index (χ2n) is 5.39. The minimum atomic E-state index is -0.0942. The van der Waals surface area contributed by atoms with Crippen molar-refractivity contribution in [2.45, 2.75) is 19.4 Å². The smallest absolute Gasteiger partial charge is 0.227 e. The van der Waals surface area contributed by atoms with Gasteiger partial charge in [-0.3, -0.25) is 4.79 Å². The number of nitrogens with one attached hydrogen (secondary N) is 1. The molecule has 0 aliphatic rings. The highest BCUT2D eigenvalue weighted by Crippen LogP contribution is 2.19. The van der Waals surface area contributed by atoms with Crippen LogP contribution < -0.4 is 5.32 Å². The maximum Gasteiger partial charge on any atom is 0.227 e. The molecule has 5 nitrogen and oxygen atoms in total. The number of aryl methyl sites for hydroxylation is 1. The second kappa shape index (κ2) is 8.27. The average Bonchev–Trinajstić information content (AvgIpc) is 3.09. The number of halogens is 2. The molecule has 0 unspecified atom stereocenters. The Bertz CT molecular complexity index is 865. The molecule has 0 saturated heterocycles. The van der Waals surface area contributed by atoms with Crippen molar-refractivity contribution in [2.75, 3.05) is 0 Å². The lowest BCUT2D eigenvalue weighted by atomic mass is 10.2. The fourth-order valence-corrected chi connectivity index (χ4v) is 2.68. The molecule has 1 N–H and O–H groups in total. The van der Waals surface area contributed by atoms with Crippen molar-refractivity contribution in [1.82, 2.24) is 15.5 Å². The molecule has 0 saturated carbocycles. The largest absolute Gasteiger partial charge is 0.352 e. The summed E-state index contributed by atoms with van der Waals surface area (Å²) in [5.41, 5.74) is 1.74. The summed E-state index contributed by atoms with van der Waals surface area (Å²) in [5.74, 6) is 0.855. The van der Waals surface area contributed by atoms with E-state index in [1.165, 1.54) is 0 Å². The van der Waals surface area contributed by atoms with Crippen molar-refractivity contribution in [3.05, 3.63) is 69.5 Å². The van der Waals surface area contributed by atoms with E-state index in [4.69, 9.17) is 16.1 Å². The molecule has 3 aromatic rings. The van der Waals surface area contributed by atoms with Gasteiger partial charge in [0.1, 0.15) is 0 Å². The molecule has 1 heterocycles. The first-order valence-electron chi connectivity index (χ1n) is 7.70. The zero-order valence-corrected chi connectivity index (χ0v) is 15.5. The molecule has 0 aliphatic heterocycles. The van der Waals surface area contributed by atoms with Crippen LogP contribution in [0.5, 0.6) is 0 Å². The van der Waals surface area contributed by atoms with Gasteiger partial charge in [-0.15, -0.1) is 0 Å². The van der Waals surface area contributed by atoms with Gasteiger partial charge in [0.2, 0.25) is 17.6 Å². The van der Waals surface area contributed by atoms with Gasteiger partial charge >= 0.3 is 0 Å². The number of aromatic nitrogens is 2. The van der Waals surface area contributed by atoms with Crippen LogP contribution in [0.15, 0.2) is 57.5 Å². The minimum absolute atomic E-state index is 0.0942. The fraction of sp³-hybridized carbons (Fsp3) is 0.167. The number of nitrogens with zero attached hydrogens (tertiary/aromatic N) is 2. The van der Waals surface area contributed by atoms with E-state index in [1.54, 1.807) is 6.07 Å². The van der Waals surface area contributed by atoms with Crippen LogP contribution >= 0.6 is 27.5 Å². The van der Waals surface area contributed by atoms with Crippen molar-refractivity contribution in [3.8, 4) is 11.4 Å². The Morgan fingerprint density at radius 1 is 1.16 bits per heavy atom. The Labute approximate surface area is 158 Å². The van der Waals surface area contributed by atoms with E-state index in [0.29, 0.717) is 29.7 Å². The van der Waals surface area contributed by atoms with Crippen molar-refractivity contribution in [1.29, 1.82) is 0 Å². The molecule has 0 aliphatic carbocycles. The zero-order chi connectivity index (χ0) is 17.6. The van der Waals surface area contributed by atoms with Crippen molar-refractivity contribution < 1.29 is 9.32 Å². The van der Waals surface area contributed by atoms with Crippen molar-refractivity contribution in [3.63, 3.8) is 0 Å². The third-order valence-corrected chi connectivity index (χ3v) is 4.47. The van der Waals surface area contributed by atoms with Gasteiger partial charge in [-0.1, -0.05) is 50.9 Å². The molecule has 25 heavy (non-hydrogen) atoms. The highest BCUT2D eigenvalue weighted by atomic mass is 79.9. The van der Waals surface area contributed by atoms with Crippen molar-refractivity contribution in [2.24, 2.45) is 0 Å². The zero-order valence-electron chi connectivity index (χ0n) is 13.2. The van der Waals surface area contributed by atoms with Gasteiger partial charge in [0.15, 0.2) is 0 Å². The summed E-state index contributed by atoms with van der Waals surface area (Å²) in [6.45, 7) is 0.395. The van der Waals surface area contributed by atoms with Crippen LogP contribution in [0.4, 0.5) is 0 Å². The molecule has 128 valence electrons. The average molecular weight is 421 g/mol. The fourth-order valence-electron chi connectivity index (χ4n) is 2.22. The van der Waals surface area contributed by atoms with Gasteiger partial charge in [-0.25, -0.2) is 0 Å². The Morgan fingerprint density at radius 2 is 1.92 bits per heavy atom. The summed E-state index contributed by atoms with van der Waals surface area (Å²) < 4.78 is 6.19. The summed E-state index contributed by atoms with van der Waals surface area (Å²) in [6.07, 6.45) is 0.657. The Hall–Kier alpha value is -2.18. The number of rotatable bonds is 6. The van der Waals surface area contributed by atoms with E-state index in [9.17, 15) is 4.79 Å². The Morgan fingerprint density at radius 3 is 2.68 bits per heavy atom. The topological polar surface area (TPSA) is 68.0 Å². The minimum Gasteiger partial charge on any atom is -0.352 e. The first-order chi connectivity index (χ1) is 12.1. The second-order valence-corrected chi connectivity index (χ2v) is 6.71. The van der Waals surface area contributed by atoms with Crippen LogP contribution in [0.2, 0.25) is 5.02 Å². The van der Waals surface area contributed by atoms with Gasteiger partial charge in [0.05, 0.1) is 0 Å². The van der Waals surface area contributed by atoms with E-state index in [2.05, 4.69) is 31.4 Å². The van der Waals surface area contributed by atoms with E-state index < -0.39 is 0 Å². The first kappa shape index (κ1) is 17.6. The van der Waals surface area contributed by atoms with Crippen LogP contribution in [0, 0.1) is 0 Å². The maximum absolute atomic E-state index is 12.0. The monoisotopic (exact) mass is 419 g/mol. The van der Waals surface area contributed by atoms with Gasteiger partial charge in [0.25, 0.3) is 0 Å². The number of hydrogen-bond donors (Lipinski definition) is 1. The quantitative estimate of drug-likeness (QED) is 0.642. The van der Waals surface area contributed by atoms with Gasteiger partial charge in [-0.2, -0.15) is 4.98 Å². The number of carbonyl (C=O) groups is 1. The molecule has 1 amide bonds. The van der Waals surface area contributed by atoms with E-state index >= 15 is 0 Å². The highest BCUT2D eigenvalue weighted by molar-refractivity contribution is 9.10. The molecule has 3 rings (SSSR count). The summed E-state index contributed by atoms with van der Waals surface area (Å²) in [4.78, 5) is 16.3. The number of carbonyl (C=O) groups excluding carboxylic acids is 1. The lowest BCUT2D eigenvalue weighted by molar-refractivity contribution is -0.121. The molecule has 0 atom stereocenters. The lowest BCUT2D eigenvalue weighted by Gasteiger charge is -2.05. The Balaban J connectivity index is 1.51. The summed E-state index contributed by atoms with van der Waals surface area (Å²) >= 11 is 9.45. The molecule has 0 bridgehead atoms. The number of hydrogen-bond acceptors (Lipinski definition) is 4. The molecule has 7 heteroatoms.